The molecule has 0 aliphatic carbocycles. The second-order valence-electron chi connectivity index (χ2n) is 6.96. The van der Waals surface area contributed by atoms with Crippen molar-refractivity contribution in [2.24, 2.45) is 5.92 Å². The van der Waals surface area contributed by atoms with E-state index in [1.807, 2.05) is 26.0 Å². The zero-order valence-electron chi connectivity index (χ0n) is 15.0. The molecular weight excluding hydrogens is 354 g/mol. The van der Waals surface area contributed by atoms with Crippen molar-refractivity contribution in [1.29, 1.82) is 0 Å². The number of rotatable bonds is 4. The highest BCUT2D eigenvalue weighted by Crippen LogP contribution is 2.30. The molecule has 3 rings (SSSR count). The van der Waals surface area contributed by atoms with Gasteiger partial charge in [-0.15, -0.1) is 0 Å². The highest BCUT2D eigenvalue weighted by molar-refractivity contribution is 6.30. The lowest BCUT2D eigenvalue weighted by Gasteiger charge is -2.24. The minimum absolute atomic E-state index is 0.0589. The summed E-state index contributed by atoms with van der Waals surface area (Å²) in [5, 5.41) is 14.3. The molecule has 1 aromatic heterocycles. The topological polar surface area (TPSA) is 75.4 Å². The Morgan fingerprint density at radius 3 is 2.65 bits per heavy atom. The molecule has 1 N–H and O–H groups in total. The van der Waals surface area contributed by atoms with E-state index in [0.717, 1.165) is 11.4 Å². The Morgan fingerprint density at radius 1 is 1.35 bits per heavy atom. The average Bonchev–Trinajstić information content (AvgIpc) is 3.18. The Kier molecular flexibility index (Phi) is 5.05. The smallest absolute Gasteiger partial charge is 0.308 e. The van der Waals surface area contributed by atoms with E-state index in [1.165, 1.54) is 0 Å². The van der Waals surface area contributed by atoms with Crippen LogP contribution in [0.2, 0.25) is 5.02 Å². The van der Waals surface area contributed by atoms with Gasteiger partial charge in [-0.05, 0) is 37.5 Å². The zero-order valence-corrected chi connectivity index (χ0v) is 15.8. The molecule has 2 aromatic rings. The van der Waals surface area contributed by atoms with Gasteiger partial charge in [0.2, 0.25) is 0 Å². The van der Waals surface area contributed by atoms with Crippen LogP contribution in [-0.4, -0.2) is 44.3 Å². The second-order valence-corrected chi connectivity index (χ2v) is 7.40. The average molecular weight is 376 g/mol. The molecule has 0 radical (unpaired) electrons. The first-order chi connectivity index (χ1) is 12.3. The number of likely N-dealkylation sites (tertiary alicyclic amines) is 1. The van der Waals surface area contributed by atoms with Crippen molar-refractivity contribution >= 4 is 23.5 Å². The summed E-state index contributed by atoms with van der Waals surface area (Å²) in [4.78, 5) is 26.1. The molecule has 26 heavy (non-hydrogen) atoms. The molecule has 6 nitrogen and oxygen atoms in total. The number of carboxylic acids is 1. The third-order valence-electron chi connectivity index (χ3n) is 4.97. The summed E-state index contributed by atoms with van der Waals surface area (Å²) in [6, 6.07) is 6.97. The lowest BCUT2D eigenvalue weighted by Crippen LogP contribution is -2.38. The lowest BCUT2D eigenvalue weighted by molar-refractivity contribution is -0.142. The number of amides is 1. The molecular formula is C19H22ClN3O3. The number of nitrogens with zero attached hydrogens (tertiary/aromatic N) is 3. The van der Waals surface area contributed by atoms with Gasteiger partial charge in [0.15, 0.2) is 0 Å². The summed E-state index contributed by atoms with van der Waals surface area (Å²) < 4.78 is 1.74. The molecule has 0 spiro atoms. The molecule has 2 unspecified atom stereocenters. The number of carbonyl (C=O) groups excluding carboxylic acids is 1. The van der Waals surface area contributed by atoms with E-state index in [-0.39, 0.29) is 17.9 Å². The molecule has 1 fully saturated rings. The monoisotopic (exact) mass is 375 g/mol. The molecule has 0 bridgehead atoms. The van der Waals surface area contributed by atoms with Crippen LogP contribution in [0.5, 0.6) is 0 Å². The molecule has 138 valence electrons. The lowest BCUT2D eigenvalue weighted by atomic mass is 10.0. The van der Waals surface area contributed by atoms with Crippen molar-refractivity contribution in [3.8, 4) is 5.69 Å². The van der Waals surface area contributed by atoms with Gasteiger partial charge in [0.25, 0.3) is 5.91 Å². The van der Waals surface area contributed by atoms with Gasteiger partial charge in [-0.2, -0.15) is 5.10 Å². The third-order valence-corrected chi connectivity index (χ3v) is 5.20. The molecule has 1 saturated heterocycles. The van der Waals surface area contributed by atoms with Crippen LogP contribution < -0.4 is 0 Å². The van der Waals surface area contributed by atoms with Crippen molar-refractivity contribution in [3.05, 3.63) is 46.7 Å². The van der Waals surface area contributed by atoms with E-state index in [2.05, 4.69) is 5.10 Å². The largest absolute Gasteiger partial charge is 0.481 e. The van der Waals surface area contributed by atoms with Gasteiger partial charge in [0.05, 0.1) is 29.1 Å². The molecule has 7 heteroatoms. The number of aliphatic carboxylic acids is 1. The standard InChI is InChI=1S/C19H22ClN3O3/c1-11(2)17-16(10-21-23(17)14-6-4-5-13(20)9-14)18(24)22-8-7-15(12(22)3)19(25)26/h4-6,9-12,15H,7-8H2,1-3H3,(H,25,26). The number of aromatic nitrogens is 2. The molecule has 2 atom stereocenters. The van der Waals surface area contributed by atoms with Gasteiger partial charge in [0.1, 0.15) is 0 Å². The number of carboxylic acid groups (broad SMARTS) is 1. The summed E-state index contributed by atoms with van der Waals surface area (Å²) in [5.74, 6) is -1.49. The molecule has 2 heterocycles. The molecule has 1 aliphatic rings. The third kappa shape index (κ3) is 3.21. The van der Waals surface area contributed by atoms with Crippen LogP contribution in [0.15, 0.2) is 30.5 Å². The number of halogens is 1. The summed E-state index contributed by atoms with van der Waals surface area (Å²) in [6.07, 6.45) is 2.04. The van der Waals surface area contributed by atoms with Gasteiger partial charge in [-0.3, -0.25) is 9.59 Å². The Balaban J connectivity index is 1.98. The van der Waals surface area contributed by atoms with E-state index >= 15 is 0 Å². The van der Waals surface area contributed by atoms with Gasteiger partial charge in [-0.1, -0.05) is 31.5 Å². The summed E-state index contributed by atoms with van der Waals surface area (Å²) in [5.41, 5.74) is 2.10. The first-order valence-corrected chi connectivity index (χ1v) is 9.06. The fourth-order valence-corrected chi connectivity index (χ4v) is 3.79. The highest BCUT2D eigenvalue weighted by Gasteiger charge is 2.39. The van der Waals surface area contributed by atoms with Crippen molar-refractivity contribution in [3.63, 3.8) is 0 Å². The number of hydrogen-bond donors (Lipinski definition) is 1. The summed E-state index contributed by atoms with van der Waals surface area (Å²) >= 11 is 6.09. The predicted molar refractivity (Wildman–Crippen MR) is 98.9 cm³/mol. The second kappa shape index (κ2) is 7.11. The Morgan fingerprint density at radius 2 is 2.08 bits per heavy atom. The van der Waals surface area contributed by atoms with Gasteiger partial charge in [-0.25, -0.2) is 4.68 Å². The van der Waals surface area contributed by atoms with Crippen LogP contribution in [0.4, 0.5) is 0 Å². The van der Waals surface area contributed by atoms with E-state index in [1.54, 1.807) is 34.8 Å². The van der Waals surface area contributed by atoms with Crippen LogP contribution >= 0.6 is 11.6 Å². The number of carbonyl (C=O) groups is 2. The van der Waals surface area contributed by atoms with E-state index in [0.29, 0.717) is 23.6 Å². The normalized spacial score (nSPS) is 20.0. The minimum atomic E-state index is -0.855. The molecule has 1 aliphatic heterocycles. The Labute approximate surface area is 157 Å². The SMILES string of the molecule is CC(C)c1c(C(=O)N2CCC(C(=O)O)C2C)cnn1-c1cccc(Cl)c1. The van der Waals surface area contributed by atoms with Crippen molar-refractivity contribution in [2.75, 3.05) is 6.54 Å². The maximum absolute atomic E-state index is 13.1. The van der Waals surface area contributed by atoms with Crippen molar-refractivity contribution in [2.45, 2.75) is 39.2 Å². The van der Waals surface area contributed by atoms with Crippen molar-refractivity contribution < 1.29 is 14.7 Å². The summed E-state index contributed by atoms with van der Waals surface area (Å²) in [7, 11) is 0. The Hall–Kier alpha value is -2.34. The molecule has 1 aromatic carbocycles. The van der Waals surface area contributed by atoms with E-state index in [4.69, 9.17) is 11.6 Å². The Bertz CT molecular complexity index is 846. The maximum Gasteiger partial charge on any atom is 0.308 e. The fourth-order valence-electron chi connectivity index (χ4n) is 3.60. The molecule has 1 amide bonds. The number of benzene rings is 1. The van der Waals surface area contributed by atoms with Crippen LogP contribution in [0, 0.1) is 5.92 Å². The quantitative estimate of drug-likeness (QED) is 0.886. The highest BCUT2D eigenvalue weighted by atomic mass is 35.5. The number of hydrogen-bond acceptors (Lipinski definition) is 3. The first kappa shape index (κ1) is 18.5. The van der Waals surface area contributed by atoms with Gasteiger partial charge < -0.3 is 10.0 Å². The van der Waals surface area contributed by atoms with Gasteiger partial charge in [0, 0.05) is 17.6 Å². The fraction of sp³-hybridized carbons (Fsp3) is 0.421. The predicted octanol–water partition coefficient (Wildman–Crippen LogP) is 3.58. The minimum Gasteiger partial charge on any atom is -0.481 e. The van der Waals surface area contributed by atoms with Crippen LogP contribution in [0.1, 0.15) is 49.2 Å². The summed E-state index contributed by atoms with van der Waals surface area (Å²) in [6.45, 7) is 6.24. The van der Waals surface area contributed by atoms with Crippen LogP contribution in [0.25, 0.3) is 5.69 Å². The van der Waals surface area contributed by atoms with Gasteiger partial charge >= 0.3 is 5.97 Å². The van der Waals surface area contributed by atoms with E-state index in [9.17, 15) is 14.7 Å². The van der Waals surface area contributed by atoms with Crippen LogP contribution in [-0.2, 0) is 4.79 Å². The molecule has 0 saturated carbocycles. The first-order valence-electron chi connectivity index (χ1n) is 8.69. The zero-order chi connectivity index (χ0) is 19.0. The van der Waals surface area contributed by atoms with E-state index < -0.39 is 11.9 Å². The maximum atomic E-state index is 13.1. The van der Waals surface area contributed by atoms with Crippen LogP contribution in [0.3, 0.4) is 0 Å². The van der Waals surface area contributed by atoms with Crippen molar-refractivity contribution in [1.82, 2.24) is 14.7 Å².